The summed E-state index contributed by atoms with van der Waals surface area (Å²) in [6, 6.07) is -0.910. The number of nitrogens with one attached hydrogen (secondary N) is 1. The van der Waals surface area contributed by atoms with Crippen molar-refractivity contribution in [3.8, 4) is 0 Å². The van der Waals surface area contributed by atoms with Crippen molar-refractivity contribution < 1.29 is 64.6 Å². The molecule has 12 unspecified atom stereocenters. The molecule has 2 heterocycles. The second kappa shape index (κ2) is 59.5. The lowest BCUT2D eigenvalue weighted by molar-refractivity contribution is -0.359. The van der Waals surface area contributed by atoms with E-state index in [-0.39, 0.29) is 18.9 Å². The van der Waals surface area contributed by atoms with Crippen molar-refractivity contribution in [3.63, 3.8) is 0 Å². The molecule has 0 aromatic heterocycles. The van der Waals surface area contributed by atoms with E-state index in [0.717, 1.165) is 38.5 Å². The quantitative estimate of drug-likeness (QED) is 0.0204. The number of unbranched alkanes of at least 4 members (excludes halogenated alkanes) is 51. The van der Waals surface area contributed by atoms with Crippen molar-refractivity contribution >= 4 is 5.91 Å². The number of hydrogen-bond acceptors (Lipinski definition) is 13. The van der Waals surface area contributed by atoms with Gasteiger partial charge in [-0.05, 0) is 19.3 Å². The standard InChI is InChI=1S/C74H143NO13/c1-3-5-7-9-11-13-15-17-19-20-21-22-23-24-25-26-27-28-29-30-31-32-33-34-35-36-37-38-39-40-41-42-44-46-48-50-52-54-56-58-66(79)75-62(63(78)57-55-53-51-49-47-45-43-18-16-14-12-10-8-6-4-2)61-85-73-71(84)69(82)72(65(60-77)87-73)88-74-70(83)68(81)67(80)64(59-76)86-74/h55,57,62-65,67-74,76-78,80-84H,3-54,56,58-61H2,1-2H3,(H,75,79)/b57-55+. The largest absolute Gasteiger partial charge is 0.394 e. The van der Waals surface area contributed by atoms with Gasteiger partial charge in [-0.15, -0.1) is 0 Å². The first-order valence-corrected chi connectivity index (χ1v) is 37.9. The molecular formula is C74H143NO13. The van der Waals surface area contributed by atoms with Gasteiger partial charge in [0, 0.05) is 6.42 Å². The molecule has 0 spiro atoms. The highest BCUT2D eigenvalue weighted by atomic mass is 16.7. The number of carbonyl (C=O) groups excluding carboxylic acids is 1. The maximum absolute atomic E-state index is 13.3. The van der Waals surface area contributed by atoms with Gasteiger partial charge in [0.05, 0.1) is 32.0 Å². The monoisotopic (exact) mass is 1250 g/mol. The number of aliphatic hydroxyl groups is 8. The summed E-state index contributed by atoms with van der Waals surface area (Å²) in [6.45, 7) is 2.85. The second-order valence-corrected chi connectivity index (χ2v) is 27.1. The van der Waals surface area contributed by atoms with Crippen LogP contribution < -0.4 is 5.32 Å². The molecule has 0 aromatic carbocycles. The fourth-order valence-electron chi connectivity index (χ4n) is 12.9. The zero-order chi connectivity index (χ0) is 63.8. The zero-order valence-electron chi connectivity index (χ0n) is 57.0. The highest BCUT2D eigenvalue weighted by Crippen LogP contribution is 2.30. The Balaban J connectivity index is 1.54. The van der Waals surface area contributed by atoms with Crippen LogP contribution in [0.2, 0.25) is 0 Å². The third kappa shape index (κ3) is 42.9. The molecule has 14 heteroatoms. The summed E-state index contributed by atoms with van der Waals surface area (Å²) in [4.78, 5) is 13.3. The first-order valence-electron chi connectivity index (χ1n) is 37.9. The molecule has 2 aliphatic heterocycles. The van der Waals surface area contributed by atoms with Crippen LogP contribution in [0.25, 0.3) is 0 Å². The fraction of sp³-hybridized carbons (Fsp3) is 0.959. The molecular weight excluding hydrogens is 1110 g/mol. The first-order chi connectivity index (χ1) is 43.1. The molecule has 1 amide bonds. The molecule has 522 valence electrons. The van der Waals surface area contributed by atoms with Gasteiger partial charge < -0.3 is 65.1 Å². The van der Waals surface area contributed by atoms with Crippen molar-refractivity contribution in [2.75, 3.05) is 19.8 Å². The van der Waals surface area contributed by atoms with Gasteiger partial charge in [-0.3, -0.25) is 4.79 Å². The Labute approximate surface area is 539 Å². The summed E-state index contributed by atoms with van der Waals surface area (Å²) in [5, 5.41) is 87.4. The molecule has 0 bridgehead atoms. The Kier molecular flexibility index (Phi) is 56.0. The van der Waals surface area contributed by atoms with E-state index in [2.05, 4.69) is 19.2 Å². The summed E-state index contributed by atoms with van der Waals surface area (Å²) in [5.41, 5.74) is 0. The molecule has 2 rings (SSSR count). The van der Waals surface area contributed by atoms with Crippen LogP contribution in [0.15, 0.2) is 12.2 Å². The lowest BCUT2D eigenvalue weighted by Crippen LogP contribution is -2.65. The topological polar surface area (TPSA) is 228 Å². The maximum Gasteiger partial charge on any atom is 0.220 e. The van der Waals surface area contributed by atoms with Gasteiger partial charge in [0.15, 0.2) is 12.6 Å². The molecule has 0 saturated carbocycles. The third-order valence-electron chi connectivity index (χ3n) is 19.0. The van der Waals surface area contributed by atoms with Crippen LogP contribution in [0.1, 0.15) is 361 Å². The van der Waals surface area contributed by atoms with E-state index in [9.17, 15) is 45.6 Å². The van der Waals surface area contributed by atoms with Crippen LogP contribution in [0.5, 0.6) is 0 Å². The predicted molar refractivity (Wildman–Crippen MR) is 360 cm³/mol. The van der Waals surface area contributed by atoms with E-state index in [4.69, 9.17) is 18.9 Å². The van der Waals surface area contributed by atoms with E-state index < -0.39 is 86.8 Å². The summed E-state index contributed by atoms with van der Waals surface area (Å²) < 4.78 is 22.8. The Morgan fingerprint density at radius 2 is 0.705 bits per heavy atom. The lowest BCUT2D eigenvalue weighted by atomic mass is 9.97. The van der Waals surface area contributed by atoms with Crippen LogP contribution in [0.3, 0.4) is 0 Å². The highest BCUT2D eigenvalue weighted by Gasteiger charge is 2.51. The van der Waals surface area contributed by atoms with Gasteiger partial charge in [-0.1, -0.05) is 347 Å². The SMILES string of the molecule is CCCCCCCCCCCCCCC/C=C/C(O)C(COC1OC(CO)C(OC2OC(CO)C(O)C(O)C2O)C(O)C1O)NC(=O)CCCCCCCCCCCCCCCCCCCCCCCCCCCCCCCCCCCCCCCCC. The van der Waals surface area contributed by atoms with Gasteiger partial charge >= 0.3 is 0 Å². The molecule has 14 nitrogen and oxygen atoms in total. The van der Waals surface area contributed by atoms with Gasteiger partial charge in [0.25, 0.3) is 0 Å². The number of allylic oxidation sites excluding steroid dienone is 1. The Morgan fingerprint density at radius 1 is 0.398 bits per heavy atom. The number of aliphatic hydroxyl groups excluding tert-OH is 8. The molecule has 12 atom stereocenters. The lowest BCUT2D eigenvalue weighted by Gasteiger charge is -2.46. The van der Waals surface area contributed by atoms with Crippen molar-refractivity contribution in [1.29, 1.82) is 0 Å². The third-order valence-corrected chi connectivity index (χ3v) is 19.0. The predicted octanol–water partition coefficient (Wildman–Crippen LogP) is 16.1. The zero-order valence-corrected chi connectivity index (χ0v) is 57.0. The molecule has 0 aromatic rings. The normalized spacial score (nSPS) is 23.1. The number of hydrogen-bond donors (Lipinski definition) is 9. The highest BCUT2D eigenvalue weighted by molar-refractivity contribution is 5.76. The Hall–Kier alpha value is -1.27. The maximum atomic E-state index is 13.3. The summed E-state index contributed by atoms with van der Waals surface area (Å²) in [7, 11) is 0. The Bertz CT molecular complexity index is 1520. The smallest absolute Gasteiger partial charge is 0.220 e. The van der Waals surface area contributed by atoms with E-state index >= 15 is 0 Å². The fourth-order valence-corrected chi connectivity index (χ4v) is 12.9. The van der Waals surface area contributed by atoms with Crippen molar-refractivity contribution in [1.82, 2.24) is 5.32 Å². The molecule has 2 fully saturated rings. The summed E-state index contributed by atoms with van der Waals surface area (Å²) in [5.74, 6) is -0.231. The van der Waals surface area contributed by atoms with Crippen LogP contribution in [0.4, 0.5) is 0 Å². The molecule has 88 heavy (non-hydrogen) atoms. The van der Waals surface area contributed by atoms with Crippen LogP contribution >= 0.6 is 0 Å². The summed E-state index contributed by atoms with van der Waals surface area (Å²) >= 11 is 0. The van der Waals surface area contributed by atoms with Crippen LogP contribution in [-0.2, 0) is 23.7 Å². The number of carbonyl (C=O) groups is 1. The van der Waals surface area contributed by atoms with E-state index in [1.807, 2.05) is 6.08 Å². The molecule has 0 aliphatic carbocycles. The minimum atomic E-state index is -1.79. The number of amides is 1. The number of ether oxygens (including phenoxy) is 4. The van der Waals surface area contributed by atoms with Crippen LogP contribution in [-0.4, -0.2) is 140 Å². The van der Waals surface area contributed by atoms with Gasteiger partial charge in [-0.25, -0.2) is 0 Å². The average Bonchev–Trinajstić information content (AvgIpc) is 2.01. The molecule has 9 N–H and O–H groups in total. The number of rotatable bonds is 64. The second-order valence-electron chi connectivity index (χ2n) is 27.1. The molecule has 2 saturated heterocycles. The van der Waals surface area contributed by atoms with Gasteiger partial charge in [0.2, 0.25) is 5.91 Å². The van der Waals surface area contributed by atoms with Crippen molar-refractivity contribution in [2.24, 2.45) is 0 Å². The molecule has 0 radical (unpaired) electrons. The minimum Gasteiger partial charge on any atom is -0.394 e. The van der Waals surface area contributed by atoms with Crippen molar-refractivity contribution in [3.05, 3.63) is 12.2 Å². The van der Waals surface area contributed by atoms with Gasteiger partial charge in [0.1, 0.15) is 48.8 Å². The average molecular weight is 1250 g/mol. The van der Waals surface area contributed by atoms with Crippen LogP contribution in [0, 0.1) is 0 Å². The van der Waals surface area contributed by atoms with E-state index in [0.29, 0.717) is 6.42 Å². The van der Waals surface area contributed by atoms with E-state index in [1.165, 1.54) is 295 Å². The summed E-state index contributed by atoms with van der Waals surface area (Å²) in [6.07, 6.45) is 57.4. The van der Waals surface area contributed by atoms with Gasteiger partial charge in [-0.2, -0.15) is 0 Å². The molecule has 2 aliphatic rings. The van der Waals surface area contributed by atoms with E-state index in [1.54, 1.807) is 6.08 Å². The Morgan fingerprint density at radius 3 is 1.05 bits per heavy atom. The first kappa shape index (κ1) is 82.8. The minimum absolute atomic E-state index is 0.231. The van der Waals surface area contributed by atoms with Crippen molar-refractivity contribution in [2.45, 2.75) is 434 Å².